The number of likely N-dealkylation sites (N-methyl/N-ethyl adjacent to an activating group) is 1. The van der Waals surface area contributed by atoms with E-state index in [4.69, 9.17) is 14.2 Å². The number of allylic oxidation sites excluding steroid dienone is 20. The summed E-state index contributed by atoms with van der Waals surface area (Å²) in [4.78, 5) is 36.8. The number of carboxylic acid groups (broad SMARTS) is 1. The zero-order valence-corrected chi connectivity index (χ0v) is 37.4. The predicted octanol–water partition coefficient (Wildman–Crippen LogP) is 10.9. The largest absolute Gasteiger partial charge is 0.544 e. The van der Waals surface area contributed by atoms with Gasteiger partial charge in [0.25, 0.3) is 0 Å². The number of quaternary nitrogens is 1. The molecule has 0 saturated carbocycles. The molecular weight excluding hydrogens is 739 g/mol. The molecule has 0 aliphatic heterocycles. The summed E-state index contributed by atoms with van der Waals surface area (Å²) in [6.07, 6.45) is 56.7. The van der Waals surface area contributed by atoms with Gasteiger partial charge in [0.2, 0.25) is 0 Å². The van der Waals surface area contributed by atoms with Crippen LogP contribution < -0.4 is 5.11 Å². The van der Waals surface area contributed by atoms with Gasteiger partial charge in [0.05, 0.1) is 40.3 Å². The number of carbonyl (C=O) groups excluding carboxylic acids is 3. The number of nitrogens with zero attached hydrogens (tertiary/aromatic N) is 1. The van der Waals surface area contributed by atoms with Crippen LogP contribution in [-0.4, -0.2) is 75.5 Å². The van der Waals surface area contributed by atoms with Gasteiger partial charge >= 0.3 is 11.9 Å². The lowest BCUT2D eigenvalue weighted by molar-refractivity contribution is -0.889. The molecule has 0 fully saturated rings. The standard InChI is InChI=1S/C51H79NO7/c1-6-8-10-12-14-16-18-20-22-24-25-26-28-30-32-34-36-38-40-42-50(54)59-47(45-57-44-43-48(51(55)56)52(3,4)5)46-58-49(53)41-39-37-35-33-31-29-27-23-21-19-17-15-13-11-9-7-2/h8-11,14-17,20-23,25-26,29-32,35,37,47-48H,6-7,12-13,18-19,24,27-28,33-34,36,38-46H2,1-5H3/b10-8+,11-9+,16-14+,17-15+,22-20+,23-21+,26-25+,31-29+,32-30+,37-35+. The summed E-state index contributed by atoms with van der Waals surface area (Å²) >= 11 is 0. The lowest BCUT2D eigenvalue weighted by atomic mass is 10.1. The van der Waals surface area contributed by atoms with Crippen LogP contribution >= 0.6 is 0 Å². The summed E-state index contributed by atoms with van der Waals surface area (Å²) in [5.41, 5.74) is 0. The van der Waals surface area contributed by atoms with Crippen molar-refractivity contribution < 1.29 is 38.2 Å². The maximum Gasteiger partial charge on any atom is 0.306 e. The second kappa shape index (κ2) is 40.5. The molecule has 0 spiro atoms. The van der Waals surface area contributed by atoms with Crippen LogP contribution in [0.3, 0.4) is 0 Å². The van der Waals surface area contributed by atoms with E-state index in [1.165, 1.54) is 0 Å². The van der Waals surface area contributed by atoms with Crippen molar-refractivity contribution in [2.75, 3.05) is 41.0 Å². The average molecular weight is 818 g/mol. The number of ether oxygens (including phenoxy) is 3. The minimum Gasteiger partial charge on any atom is -0.544 e. The second-order valence-corrected chi connectivity index (χ2v) is 15.2. The van der Waals surface area contributed by atoms with E-state index in [-0.39, 0.29) is 55.5 Å². The summed E-state index contributed by atoms with van der Waals surface area (Å²) in [5, 5.41) is 11.6. The zero-order chi connectivity index (χ0) is 43.5. The van der Waals surface area contributed by atoms with Crippen molar-refractivity contribution in [1.29, 1.82) is 0 Å². The number of unbranched alkanes of at least 4 members (excludes halogenated alkanes) is 3. The fraction of sp³-hybridized carbons (Fsp3) is 0.549. The maximum absolute atomic E-state index is 12.7. The monoisotopic (exact) mass is 818 g/mol. The first kappa shape index (κ1) is 54.7. The van der Waals surface area contributed by atoms with Gasteiger partial charge in [-0.25, -0.2) is 0 Å². The van der Waals surface area contributed by atoms with Crippen molar-refractivity contribution >= 4 is 17.9 Å². The highest BCUT2D eigenvalue weighted by Crippen LogP contribution is 2.10. The SMILES string of the molecule is CC/C=C/C/C=C/C/C=C/C/C=C/C/C=C/CCCCCC(=O)OC(COCCC(C(=O)[O-])[N+](C)(C)C)COC(=O)CC/C=C/C/C=C/C/C=C/C/C=C/C/C=C/CC. The molecule has 59 heavy (non-hydrogen) atoms. The molecule has 0 aromatic rings. The Morgan fingerprint density at radius 1 is 0.508 bits per heavy atom. The summed E-state index contributed by atoms with van der Waals surface area (Å²) in [6, 6.07) is -0.751. The number of carbonyl (C=O) groups is 3. The second-order valence-electron chi connectivity index (χ2n) is 15.2. The number of hydrogen-bond donors (Lipinski definition) is 0. The first-order valence-electron chi connectivity index (χ1n) is 22.1. The van der Waals surface area contributed by atoms with Crippen molar-refractivity contribution in [1.82, 2.24) is 0 Å². The number of hydrogen-bond acceptors (Lipinski definition) is 7. The average Bonchev–Trinajstić information content (AvgIpc) is 3.19. The molecule has 0 rings (SSSR count). The lowest BCUT2D eigenvalue weighted by Crippen LogP contribution is -2.55. The van der Waals surface area contributed by atoms with E-state index in [0.29, 0.717) is 12.8 Å². The van der Waals surface area contributed by atoms with Gasteiger partial charge < -0.3 is 28.6 Å². The summed E-state index contributed by atoms with van der Waals surface area (Å²) in [6.45, 7) is 4.28. The highest BCUT2D eigenvalue weighted by Gasteiger charge is 2.25. The molecule has 0 aliphatic carbocycles. The van der Waals surface area contributed by atoms with Crippen LogP contribution in [0.15, 0.2) is 122 Å². The van der Waals surface area contributed by atoms with Gasteiger partial charge in [-0.1, -0.05) is 142 Å². The van der Waals surface area contributed by atoms with E-state index in [9.17, 15) is 19.5 Å². The summed E-state index contributed by atoms with van der Waals surface area (Å²) in [5.74, 6) is -1.90. The highest BCUT2D eigenvalue weighted by molar-refractivity contribution is 5.70. The molecule has 2 atom stereocenters. The third-order valence-corrected chi connectivity index (χ3v) is 8.86. The molecule has 0 radical (unpaired) electrons. The van der Waals surface area contributed by atoms with Gasteiger partial charge in [0.1, 0.15) is 12.6 Å². The molecule has 0 amide bonds. The smallest absolute Gasteiger partial charge is 0.306 e. The van der Waals surface area contributed by atoms with E-state index in [1.54, 1.807) is 21.1 Å². The van der Waals surface area contributed by atoms with E-state index >= 15 is 0 Å². The van der Waals surface area contributed by atoms with Gasteiger partial charge in [-0.3, -0.25) is 9.59 Å². The van der Waals surface area contributed by atoms with E-state index in [0.717, 1.165) is 83.5 Å². The first-order valence-corrected chi connectivity index (χ1v) is 22.1. The molecule has 2 unspecified atom stereocenters. The summed E-state index contributed by atoms with van der Waals surface area (Å²) in [7, 11) is 5.36. The Bertz CT molecular complexity index is 1370. The zero-order valence-electron chi connectivity index (χ0n) is 37.4. The van der Waals surface area contributed by atoms with Crippen LogP contribution in [0.5, 0.6) is 0 Å². The molecular formula is C51H79NO7. The molecule has 0 heterocycles. The van der Waals surface area contributed by atoms with Crippen LogP contribution in [0.4, 0.5) is 0 Å². The lowest BCUT2D eigenvalue weighted by Gasteiger charge is -2.34. The van der Waals surface area contributed by atoms with E-state index in [1.807, 2.05) is 12.2 Å². The van der Waals surface area contributed by atoms with Gasteiger partial charge in [-0.15, -0.1) is 0 Å². The maximum atomic E-state index is 12.7. The van der Waals surface area contributed by atoms with Gasteiger partial charge in [0, 0.05) is 19.3 Å². The van der Waals surface area contributed by atoms with Crippen molar-refractivity contribution in [2.45, 2.75) is 142 Å². The van der Waals surface area contributed by atoms with Crippen LogP contribution in [0.2, 0.25) is 0 Å². The van der Waals surface area contributed by atoms with Crippen LogP contribution in [-0.2, 0) is 28.6 Å². The van der Waals surface area contributed by atoms with Crippen molar-refractivity contribution in [2.24, 2.45) is 0 Å². The Hall–Kier alpha value is -4.27. The molecule has 8 nitrogen and oxygen atoms in total. The molecule has 8 heteroatoms. The predicted molar refractivity (Wildman–Crippen MR) is 244 cm³/mol. The first-order chi connectivity index (χ1) is 28.6. The number of rotatable bonds is 37. The minimum absolute atomic E-state index is 0.00519. The molecule has 0 aromatic carbocycles. The Morgan fingerprint density at radius 3 is 1.36 bits per heavy atom. The Kier molecular flexibility index (Phi) is 37.6. The van der Waals surface area contributed by atoms with E-state index < -0.39 is 18.1 Å². The number of carboxylic acids is 1. The van der Waals surface area contributed by atoms with E-state index in [2.05, 4.69) is 123 Å². The fourth-order valence-corrected chi connectivity index (χ4v) is 5.50. The Balaban J connectivity index is 4.55. The topological polar surface area (TPSA) is 102 Å². The third kappa shape index (κ3) is 39.0. The van der Waals surface area contributed by atoms with Gasteiger partial charge in [-0.05, 0) is 89.9 Å². The molecule has 0 saturated heterocycles. The molecule has 330 valence electrons. The molecule has 0 aromatic heterocycles. The van der Waals surface area contributed by atoms with Gasteiger partial charge in [0.15, 0.2) is 6.10 Å². The molecule has 0 aliphatic rings. The van der Waals surface area contributed by atoms with Crippen molar-refractivity contribution in [3.8, 4) is 0 Å². The van der Waals surface area contributed by atoms with Crippen LogP contribution in [0, 0.1) is 0 Å². The third-order valence-electron chi connectivity index (χ3n) is 8.86. The highest BCUT2D eigenvalue weighted by atomic mass is 16.6. The van der Waals surface area contributed by atoms with Crippen molar-refractivity contribution in [3.63, 3.8) is 0 Å². The molecule has 0 N–H and O–H groups in total. The Labute approximate surface area is 359 Å². The van der Waals surface area contributed by atoms with Crippen molar-refractivity contribution in [3.05, 3.63) is 122 Å². The van der Waals surface area contributed by atoms with Crippen LogP contribution in [0.1, 0.15) is 129 Å². The summed E-state index contributed by atoms with van der Waals surface area (Å²) < 4.78 is 17.0. The minimum atomic E-state index is -1.15. The molecule has 0 bridgehead atoms. The normalized spacial score (nSPS) is 14.1. The Morgan fingerprint density at radius 2 is 0.932 bits per heavy atom. The number of aliphatic carboxylic acids is 1. The quantitative estimate of drug-likeness (QED) is 0.0266. The van der Waals surface area contributed by atoms with Crippen LogP contribution in [0.25, 0.3) is 0 Å². The number of esters is 2. The fourth-order valence-electron chi connectivity index (χ4n) is 5.50. The van der Waals surface area contributed by atoms with Gasteiger partial charge in [-0.2, -0.15) is 0 Å².